The SMILES string of the molecule is CC1CCC(CC(Cc2ccccc2Cl)C(=O)O)O1. The molecule has 1 saturated heterocycles. The lowest BCUT2D eigenvalue weighted by Gasteiger charge is -2.18. The van der Waals surface area contributed by atoms with E-state index in [1.54, 1.807) is 6.07 Å². The van der Waals surface area contributed by atoms with Crippen LogP contribution in [0.5, 0.6) is 0 Å². The summed E-state index contributed by atoms with van der Waals surface area (Å²) in [7, 11) is 0. The Kier molecular flexibility index (Phi) is 4.83. The molecule has 0 saturated carbocycles. The quantitative estimate of drug-likeness (QED) is 0.898. The molecule has 104 valence electrons. The molecule has 19 heavy (non-hydrogen) atoms. The fourth-order valence-corrected chi connectivity index (χ4v) is 2.79. The Bertz CT molecular complexity index is 447. The molecule has 3 nitrogen and oxygen atoms in total. The molecule has 1 fully saturated rings. The molecule has 2 rings (SSSR count). The number of benzene rings is 1. The molecule has 1 aliphatic rings. The minimum atomic E-state index is -0.775. The van der Waals surface area contributed by atoms with Gasteiger partial charge in [-0.15, -0.1) is 0 Å². The second-order valence-corrected chi connectivity index (χ2v) is 5.62. The average molecular weight is 283 g/mol. The Morgan fingerprint density at radius 1 is 1.47 bits per heavy atom. The van der Waals surface area contributed by atoms with Gasteiger partial charge in [-0.25, -0.2) is 0 Å². The number of carboxylic acid groups (broad SMARTS) is 1. The van der Waals surface area contributed by atoms with Gasteiger partial charge >= 0.3 is 5.97 Å². The summed E-state index contributed by atoms with van der Waals surface area (Å²) in [6.45, 7) is 2.03. The lowest BCUT2D eigenvalue weighted by atomic mass is 9.93. The summed E-state index contributed by atoms with van der Waals surface area (Å²) in [4.78, 5) is 11.4. The molecule has 0 amide bonds. The number of carboxylic acids is 1. The molecule has 0 spiro atoms. The van der Waals surface area contributed by atoms with E-state index in [0.29, 0.717) is 17.9 Å². The van der Waals surface area contributed by atoms with Crippen molar-refractivity contribution in [3.63, 3.8) is 0 Å². The largest absolute Gasteiger partial charge is 0.481 e. The maximum atomic E-state index is 11.4. The van der Waals surface area contributed by atoms with Crippen molar-refractivity contribution in [1.82, 2.24) is 0 Å². The Morgan fingerprint density at radius 3 is 2.79 bits per heavy atom. The van der Waals surface area contributed by atoms with Crippen LogP contribution in [0.15, 0.2) is 24.3 Å². The average Bonchev–Trinajstić information content (AvgIpc) is 2.76. The van der Waals surface area contributed by atoms with Crippen LogP contribution in [0, 0.1) is 5.92 Å². The Balaban J connectivity index is 2.00. The minimum absolute atomic E-state index is 0.0681. The highest BCUT2D eigenvalue weighted by Gasteiger charge is 2.28. The van der Waals surface area contributed by atoms with E-state index < -0.39 is 11.9 Å². The monoisotopic (exact) mass is 282 g/mol. The van der Waals surface area contributed by atoms with Gasteiger partial charge in [-0.05, 0) is 44.2 Å². The normalized spacial score (nSPS) is 24.3. The Morgan fingerprint density at radius 2 is 2.21 bits per heavy atom. The highest BCUT2D eigenvalue weighted by molar-refractivity contribution is 6.31. The first kappa shape index (κ1) is 14.4. The van der Waals surface area contributed by atoms with Crippen molar-refractivity contribution in [2.45, 2.75) is 44.8 Å². The number of rotatable bonds is 5. The second-order valence-electron chi connectivity index (χ2n) is 5.21. The zero-order valence-corrected chi connectivity index (χ0v) is 11.8. The third kappa shape index (κ3) is 3.95. The molecule has 0 aromatic heterocycles. The smallest absolute Gasteiger partial charge is 0.306 e. The van der Waals surface area contributed by atoms with Gasteiger partial charge in [0.05, 0.1) is 18.1 Å². The molecule has 0 radical (unpaired) electrons. The van der Waals surface area contributed by atoms with Crippen molar-refractivity contribution >= 4 is 17.6 Å². The van der Waals surface area contributed by atoms with Gasteiger partial charge in [0.2, 0.25) is 0 Å². The van der Waals surface area contributed by atoms with E-state index in [1.165, 1.54) is 0 Å². The number of carbonyl (C=O) groups is 1. The zero-order valence-electron chi connectivity index (χ0n) is 11.0. The maximum absolute atomic E-state index is 11.4. The third-order valence-electron chi connectivity index (χ3n) is 3.64. The Hall–Kier alpha value is -1.06. The van der Waals surface area contributed by atoms with Crippen LogP contribution in [0.1, 0.15) is 31.7 Å². The molecular weight excluding hydrogens is 264 g/mol. The Labute approximate surface area is 118 Å². The zero-order chi connectivity index (χ0) is 13.8. The number of hydrogen-bond acceptors (Lipinski definition) is 2. The van der Waals surface area contributed by atoms with Crippen molar-refractivity contribution in [3.8, 4) is 0 Å². The van der Waals surface area contributed by atoms with E-state index in [-0.39, 0.29) is 12.2 Å². The minimum Gasteiger partial charge on any atom is -0.481 e. The van der Waals surface area contributed by atoms with Crippen LogP contribution in [0.3, 0.4) is 0 Å². The second kappa shape index (κ2) is 6.40. The topological polar surface area (TPSA) is 46.5 Å². The predicted molar refractivity (Wildman–Crippen MR) is 74.5 cm³/mol. The summed E-state index contributed by atoms with van der Waals surface area (Å²) in [5.74, 6) is -1.21. The van der Waals surface area contributed by atoms with Crippen LogP contribution in [-0.2, 0) is 16.0 Å². The molecule has 1 heterocycles. The first-order valence-electron chi connectivity index (χ1n) is 6.68. The van der Waals surface area contributed by atoms with Crippen molar-refractivity contribution in [1.29, 1.82) is 0 Å². The molecule has 4 heteroatoms. The van der Waals surface area contributed by atoms with Crippen LogP contribution < -0.4 is 0 Å². The van der Waals surface area contributed by atoms with Gasteiger partial charge in [0.15, 0.2) is 0 Å². The summed E-state index contributed by atoms with van der Waals surface area (Å²) in [6, 6.07) is 7.41. The van der Waals surface area contributed by atoms with Gasteiger partial charge in [0.1, 0.15) is 0 Å². The van der Waals surface area contributed by atoms with Crippen molar-refractivity contribution in [2.24, 2.45) is 5.92 Å². The van der Waals surface area contributed by atoms with E-state index in [9.17, 15) is 9.90 Å². The van der Waals surface area contributed by atoms with Gasteiger partial charge in [-0.3, -0.25) is 4.79 Å². The lowest BCUT2D eigenvalue weighted by Crippen LogP contribution is -2.23. The fraction of sp³-hybridized carbons (Fsp3) is 0.533. The van der Waals surface area contributed by atoms with Gasteiger partial charge in [0, 0.05) is 5.02 Å². The molecular formula is C15H19ClO3. The van der Waals surface area contributed by atoms with Crippen molar-refractivity contribution in [2.75, 3.05) is 0 Å². The predicted octanol–water partition coefficient (Wildman–Crippen LogP) is 3.54. The highest BCUT2D eigenvalue weighted by Crippen LogP contribution is 2.27. The van der Waals surface area contributed by atoms with Gasteiger partial charge in [0.25, 0.3) is 0 Å². The highest BCUT2D eigenvalue weighted by atomic mass is 35.5. The van der Waals surface area contributed by atoms with E-state index in [4.69, 9.17) is 16.3 Å². The summed E-state index contributed by atoms with van der Waals surface area (Å²) in [6.07, 6.45) is 3.31. The molecule has 1 aliphatic heterocycles. The lowest BCUT2D eigenvalue weighted by molar-refractivity contribution is -0.143. The molecule has 0 aliphatic carbocycles. The third-order valence-corrected chi connectivity index (χ3v) is 4.01. The first-order valence-corrected chi connectivity index (χ1v) is 7.05. The fourth-order valence-electron chi connectivity index (χ4n) is 2.58. The van der Waals surface area contributed by atoms with Crippen LogP contribution in [0.4, 0.5) is 0 Å². The molecule has 1 N–H and O–H groups in total. The summed E-state index contributed by atoms with van der Waals surface area (Å²) >= 11 is 6.09. The standard InChI is InChI=1S/C15H19ClO3/c1-10-6-7-13(19-10)9-12(15(17)18)8-11-4-2-3-5-14(11)16/h2-5,10,12-13H,6-9H2,1H3,(H,17,18). The number of ether oxygens (including phenoxy) is 1. The summed E-state index contributed by atoms with van der Waals surface area (Å²) in [5, 5.41) is 9.99. The van der Waals surface area contributed by atoms with Crippen LogP contribution in [0.2, 0.25) is 5.02 Å². The number of hydrogen-bond donors (Lipinski definition) is 1. The van der Waals surface area contributed by atoms with Crippen LogP contribution in [0.25, 0.3) is 0 Å². The maximum Gasteiger partial charge on any atom is 0.306 e. The van der Waals surface area contributed by atoms with Crippen molar-refractivity contribution in [3.05, 3.63) is 34.9 Å². The van der Waals surface area contributed by atoms with Crippen LogP contribution in [-0.4, -0.2) is 23.3 Å². The van der Waals surface area contributed by atoms with Crippen molar-refractivity contribution < 1.29 is 14.6 Å². The molecule has 0 bridgehead atoms. The van der Waals surface area contributed by atoms with E-state index in [2.05, 4.69) is 0 Å². The number of halogens is 1. The van der Waals surface area contributed by atoms with E-state index in [0.717, 1.165) is 18.4 Å². The van der Waals surface area contributed by atoms with E-state index in [1.807, 2.05) is 25.1 Å². The van der Waals surface area contributed by atoms with Gasteiger partial charge in [-0.1, -0.05) is 29.8 Å². The van der Waals surface area contributed by atoms with Gasteiger partial charge < -0.3 is 9.84 Å². The van der Waals surface area contributed by atoms with E-state index >= 15 is 0 Å². The van der Waals surface area contributed by atoms with Gasteiger partial charge in [-0.2, -0.15) is 0 Å². The molecule has 1 aromatic rings. The molecule has 1 aromatic carbocycles. The molecule has 3 unspecified atom stereocenters. The summed E-state index contributed by atoms with van der Waals surface area (Å²) < 4.78 is 5.71. The molecule has 3 atom stereocenters. The van der Waals surface area contributed by atoms with Crippen LogP contribution >= 0.6 is 11.6 Å². The first-order chi connectivity index (χ1) is 9.06. The number of aliphatic carboxylic acids is 1. The summed E-state index contributed by atoms with van der Waals surface area (Å²) in [5.41, 5.74) is 0.891.